The monoisotopic (exact) mass is 353 g/mol. The van der Waals surface area contributed by atoms with Gasteiger partial charge in [0.25, 0.3) is 5.69 Å². The second-order valence-electron chi connectivity index (χ2n) is 4.99. The summed E-state index contributed by atoms with van der Waals surface area (Å²) in [6.07, 6.45) is 1.46. The molecular weight excluding hydrogens is 342 g/mol. The minimum absolute atomic E-state index is 0.000365. The SMILES string of the molecule is O=[N+]([O-])c1cccc(/C=N\Nc2cc(Cl)nc(-c3ccccc3)n2)c1. The molecule has 3 rings (SSSR count). The van der Waals surface area contributed by atoms with Crippen LogP contribution in [0.1, 0.15) is 5.56 Å². The molecule has 8 heteroatoms. The molecule has 0 aliphatic rings. The summed E-state index contributed by atoms with van der Waals surface area (Å²) in [7, 11) is 0. The van der Waals surface area contributed by atoms with Gasteiger partial charge >= 0.3 is 0 Å². The number of aromatic nitrogens is 2. The summed E-state index contributed by atoms with van der Waals surface area (Å²) in [5, 5.41) is 15.1. The summed E-state index contributed by atoms with van der Waals surface area (Å²) < 4.78 is 0. The third kappa shape index (κ3) is 4.36. The molecule has 0 aliphatic carbocycles. The Kier molecular flexibility index (Phi) is 4.96. The average molecular weight is 354 g/mol. The zero-order chi connectivity index (χ0) is 17.6. The van der Waals surface area contributed by atoms with Gasteiger partial charge in [-0.15, -0.1) is 0 Å². The fraction of sp³-hybridized carbons (Fsp3) is 0. The number of rotatable bonds is 5. The molecule has 7 nitrogen and oxygen atoms in total. The first-order valence-corrected chi connectivity index (χ1v) is 7.63. The van der Waals surface area contributed by atoms with Crippen molar-refractivity contribution in [3.05, 3.63) is 81.5 Å². The Hall–Kier alpha value is -3.32. The lowest BCUT2D eigenvalue weighted by Crippen LogP contribution is -1.98. The Morgan fingerprint density at radius 3 is 2.64 bits per heavy atom. The van der Waals surface area contributed by atoms with Crippen LogP contribution in [0.25, 0.3) is 11.4 Å². The van der Waals surface area contributed by atoms with Crippen molar-refractivity contribution in [2.75, 3.05) is 5.43 Å². The molecule has 0 spiro atoms. The van der Waals surface area contributed by atoms with Crippen LogP contribution in [0.3, 0.4) is 0 Å². The van der Waals surface area contributed by atoms with Gasteiger partial charge in [0.15, 0.2) is 11.6 Å². The van der Waals surface area contributed by atoms with Crippen LogP contribution in [-0.4, -0.2) is 21.1 Å². The van der Waals surface area contributed by atoms with Crippen LogP contribution in [0.4, 0.5) is 11.5 Å². The first kappa shape index (κ1) is 16.5. The van der Waals surface area contributed by atoms with E-state index >= 15 is 0 Å². The number of nitro groups is 1. The summed E-state index contributed by atoms with van der Waals surface area (Å²) in [6.45, 7) is 0. The molecule has 0 unspecified atom stereocenters. The van der Waals surface area contributed by atoms with Crippen molar-refractivity contribution in [2.45, 2.75) is 0 Å². The molecule has 3 aromatic rings. The van der Waals surface area contributed by atoms with Crippen LogP contribution in [0.5, 0.6) is 0 Å². The molecular formula is C17H12ClN5O2. The maximum absolute atomic E-state index is 10.8. The van der Waals surface area contributed by atoms with Crippen molar-refractivity contribution < 1.29 is 4.92 Å². The Morgan fingerprint density at radius 1 is 1.08 bits per heavy atom. The van der Waals surface area contributed by atoms with Crippen LogP contribution in [0.2, 0.25) is 5.15 Å². The summed E-state index contributed by atoms with van der Waals surface area (Å²) in [5.74, 6) is 0.890. The first-order chi connectivity index (χ1) is 12.1. The number of hydrogen-bond acceptors (Lipinski definition) is 6. The summed E-state index contributed by atoms with van der Waals surface area (Å²) in [6, 6.07) is 17.1. The summed E-state index contributed by atoms with van der Waals surface area (Å²) in [5.41, 5.74) is 4.17. The highest BCUT2D eigenvalue weighted by Gasteiger charge is 2.06. The number of benzene rings is 2. The second kappa shape index (κ2) is 7.50. The number of hydrogen-bond donors (Lipinski definition) is 1. The Labute approximate surface area is 148 Å². The molecule has 1 N–H and O–H groups in total. The molecule has 0 bridgehead atoms. The highest BCUT2D eigenvalue weighted by atomic mass is 35.5. The topological polar surface area (TPSA) is 93.3 Å². The molecule has 0 saturated heterocycles. The smallest absolute Gasteiger partial charge is 0.261 e. The highest BCUT2D eigenvalue weighted by Crippen LogP contribution is 2.20. The van der Waals surface area contributed by atoms with Crippen LogP contribution in [0, 0.1) is 10.1 Å². The lowest BCUT2D eigenvalue weighted by Gasteiger charge is -2.04. The van der Waals surface area contributed by atoms with Gasteiger partial charge in [0.05, 0.1) is 11.1 Å². The van der Waals surface area contributed by atoms with Gasteiger partial charge < -0.3 is 0 Å². The normalized spacial score (nSPS) is 10.8. The van der Waals surface area contributed by atoms with E-state index in [2.05, 4.69) is 20.5 Å². The van der Waals surface area contributed by atoms with Crippen molar-refractivity contribution in [1.82, 2.24) is 9.97 Å². The Morgan fingerprint density at radius 2 is 1.88 bits per heavy atom. The van der Waals surface area contributed by atoms with Gasteiger partial charge in [0.2, 0.25) is 0 Å². The van der Waals surface area contributed by atoms with Crippen molar-refractivity contribution in [2.24, 2.45) is 5.10 Å². The number of nitrogens with zero attached hydrogens (tertiary/aromatic N) is 4. The number of nitro benzene ring substituents is 1. The predicted octanol–water partition coefficient (Wildman–Crippen LogP) is 4.15. The van der Waals surface area contributed by atoms with Gasteiger partial charge in [-0.3, -0.25) is 15.5 Å². The highest BCUT2D eigenvalue weighted by molar-refractivity contribution is 6.29. The van der Waals surface area contributed by atoms with E-state index < -0.39 is 4.92 Å². The molecule has 0 atom stereocenters. The van der Waals surface area contributed by atoms with Gasteiger partial charge in [0, 0.05) is 29.3 Å². The maximum atomic E-state index is 10.8. The Bertz CT molecular complexity index is 931. The molecule has 1 aromatic heterocycles. The molecule has 0 amide bonds. The average Bonchev–Trinajstić information content (AvgIpc) is 2.62. The molecule has 1 heterocycles. The fourth-order valence-corrected chi connectivity index (χ4v) is 2.27. The minimum atomic E-state index is -0.457. The van der Waals surface area contributed by atoms with Crippen LogP contribution in [0.15, 0.2) is 65.8 Å². The lowest BCUT2D eigenvalue weighted by atomic mass is 10.2. The molecule has 0 aliphatic heterocycles. The summed E-state index contributed by atoms with van der Waals surface area (Å²) in [4.78, 5) is 18.9. The minimum Gasteiger partial charge on any atom is -0.261 e. The zero-order valence-corrected chi connectivity index (χ0v) is 13.6. The molecule has 25 heavy (non-hydrogen) atoms. The van der Waals surface area contributed by atoms with Crippen LogP contribution in [-0.2, 0) is 0 Å². The van der Waals surface area contributed by atoms with Gasteiger partial charge in [-0.2, -0.15) is 5.10 Å². The quantitative estimate of drug-likeness (QED) is 0.322. The molecule has 0 fully saturated rings. The maximum Gasteiger partial charge on any atom is 0.270 e. The number of nitrogens with one attached hydrogen (secondary N) is 1. The summed E-state index contributed by atoms with van der Waals surface area (Å²) >= 11 is 6.03. The number of halogens is 1. The van der Waals surface area contributed by atoms with E-state index in [1.807, 2.05) is 30.3 Å². The largest absolute Gasteiger partial charge is 0.270 e. The number of anilines is 1. The van der Waals surface area contributed by atoms with Crippen LogP contribution < -0.4 is 5.43 Å². The standard InChI is InChI=1S/C17H12ClN5O2/c18-15-10-16(21-17(20-15)13-6-2-1-3-7-13)22-19-11-12-5-4-8-14(9-12)23(24)25/h1-11H,(H,20,21,22)/b19-11-. The molecule has 2 aromatic carbocycles. The second-order valence-corrected chi connectivity index (χ2v) is 5.37. The van der Waals surface area contributed by atoms with Gasteiger partial charge in [0.1, 0.15) is 5.15 Å². The zero-order valence-electron chi connectivity index (χ0n) is 12.8. The van der Waals surface area contributed by atoms with E-state index in [9.17, 15) is 10.1 Å². The van der Waals surface area contributed by atoms with Crippen LogP contribution >= 0.6 is 11.6 Å². The fourth-order valence-electron chi connectivity index (χ4n) is 2.08. The van der Waals surface area contributed by atoms with Crippen molar-refractivity contribution >= 4 is 29.3 Å². The Balaban J connectivity index is 1.78. The van der Waals surface area contributed by atoms with Gasteiger partial charge in [-0.05, 0) is 0 Å². The van der Waals surface area contributed by atoms with Crippen molar-refractivity contribution in [1.29, 1.82) is 0 Å². The van der Waals surface area contributed by atoms with Crippen molar-refractivity contribution in [3.8, 4) is 11.4 Å². The van der Waals surface area contributed by atoms with E-state index in [1.165, 1.54) is 18.3 Å². The van der Waals surface area contributed by atoms with Crippen molar-refractivity contribution in [3.63, 3.8) is 0 Å². The molecule has 0 radical (unpaired) electrons. The van der Waals surface area contributed by atoms with E-state index in [-0.39, 0.29) is 10.8 Å². The predicted molar refractivity (Wildman–Crippen MR) is 96.8 cm³/mol. The third-order valence-electron chi connectivity index (χ3n) is 3.20. The van der Waals surface area contributed by atoms with E-state index in [0.29, 0.717) is 17.2 Å². The molecule has 124 valence electrons. The number of non-ortho nitro benzene ring substituents is 1. The van der Waals surface area contributed by atoms with Gasteiger partial charge in [-0.25, -0.2) is 9.97 Å². The first-order valence-electron chi connectivity index (χ1n) is 7.25. The van der Waals surface area contributed by atoms with E-state index in [4.69, 9.17) is 11.6 Å². The third-order valence-corrected chi connectivity index (χ3v) is 3.39. The van der Waals surface area contributed by atoms with E-state index in [1.54, 1.807) is 18.2 Å². The van der Waals surface area contributed by atoms with E-state index in [0.717, 1.165) is 5.56 Å². The lowest BCUT2D eigenvalue weighted by molar-refractivity contribution is -0.384. The van der Waals surface area contributed by atoms with Gasteiger partial charge in [-0.1, -0.05) is 54.1 Å². The molecule has 0 saturated carbocycles. The number of hydrazone groups is 1.